The lowest BCUT2D eigenvalue weighted by molar-refractivity contribution is -0.123. The van der Waals surface area contributed by atoms with Crippen LogP contribution >= 0.6 is 34.8 Å². The number of amides is 1. The number of ether oxygens (including phenoxy) is 1. The minimum Gasteiger partial charge on any atom is -0.482 e. The average molecular weight is 345 g/mol. The summed E-state index contributed by atoms with van der Waals surface area (Å²) in [6, 6.07) is 12.1. The Kier molecular flexibility index (Phi) is 5.74. The molecule has 0 atom stereocenters. The molecule has 110 valence electrons. The van der Waals surface area contributed by atoms with Gasteiger partial charge in [0.1, 0.15) is 5.75 Å². The molecule has 0 aliphatic heterocycles. The lowest BCUT2D eigenvalue weighted by Crippen LogP contribution is -2.28. The summed E-state index contributed by atoms with van der Waals surface area (Å²) in [5.41, 5.74) is 0.956. The zero-order chi connectivity index (χ0) is 15.2. The van der Waals surface area contributed by atoms with Crippen LogP contribution in [0.15, 0.2) is 42.5 Å². The van der Waals surface area contributed by atoms with Gasteiger partial charge in [-0.3, -0.25) is 4.79 Å². The zero-order valence-electron chi connectivity index (χ0n) is 10.9. The molecule has 0 saturated heterocycles. The van der Waals surface area contributed by atoms with Crippen molar-refractivity contribution in [1.82, 2.24) is 5.32 Å². The van der Waals surface area contributed by atoms with Gasteiger partial charge in [0, 0.05) is 16.6 Å². The maximum absolute atomic E-state index is 11.7. The third-order valence-corrected chi connectivity index (χ3v) is 3.44. The number of carbonyl (C=O) groups excluding carboxylic acids is 1. The Labute approximate surface area is 137 Å². The highest BCUT2D eigenvalue weighted by atomic mass is 35.5. The molecule has 2 rings (SSSR count). The fourth-order valence-corrected chi connectivity index (χ4v) is 2.18. The quantitative estimate of drug-likeness (QED) is 0.876. The monoisotopic (exact) mass is 343 g/mol. The molecule has 0 spiro atoms. The van der Waals surface area contributed by atoms with Crippen LogP contribution in [0.25, 0.3) is 0 Å². The van der Waals surface area contributed by atoms with Crippen molar-refractivity contribution in [2.75, 3.05) is 6.61 Å². The summed E-state index contributed by atoms with van der Waals surface area (Å²) in [6.07, 6.45) is 0. The van der Waals surface area contributed by atoms with E-state index in [1.165, 1.54) is 0 Å². The van der Waals surface area contributed by atoms with Gasteiger partial charge in [-0.2, -0.15) is 0 Å². The lowest BCUT2D eigenvalue weighted by atomic mass is 10.2. The van der Waals surface area contributed by atoms with Crippen LogP contribution in [0.1, 0.15) is 5.56 Å². The summed E-state index contributed by atoms with van der Waals surface area (Å²) in [7, 11) is 0. The van der Waals surface area contributed by atoms with Crippen molar-refractivity contribution < 1.29 is 9.53 Å². The molecule has 0 aliphatic carbocycles. The van der Waals surface area contributed by atoms with E-state index in [1.54, 1.807) is 30.3 Å². The molecular weight excluding hydrogens is 333 g/mol. The van der Waals surface area contributed by atoms with Gasteiger partial charge >= 0.3 is 0 Å². The average Bonchev–Trinajstić information content (AvgIpc) is 2.46. The number of hydrogen-bond donors (Lipinski definition) is 1. The van der Waals surface area contributed by atoms with Crippen LogP contribution in [0.5, 0.6) is 5.75 Å². The van der Waals surface area contributed by atoms with Gasteiger partial charge in [0.15, 0.2) is 6.61 Å². The van der Waals surface area contributed by atoms with Crippen molar-refractivity contribution in [2.45, 2.75) is 6.54 Å². The number of carbonyl (C=O) groups is 1. The van der Waals surface area contributed by atoms with Gasteiger partial charge in [-0.25, -0.2) is 0 Å². The highest BCUT2D eigenvalue weighted by molar-refractivity contribution is 6.35. The van der Waals surface area contributed by atoms with E-state index in [2.05, 4.69) is 5.32 Å². The third kappa shape index (κ3) is 5.12. The van der Waals surface area contributed by atoms with E-state index in [1.807, 2.05) is 12.1 Å². The number of benzene rings is 2. The van der Waals surface area contributed by atoms with Gasteiger partial charge in [-0.15, -0.1) is 0 Å². The molecule has 3 nitrogen and oxygen atoms in total. The van der Waals surface area contributed by atoms with Crippen molar-refractivity contribution >= 4 is 40.7 Å². The van der Waals surface area contributed by atoms with Crippen molar-refractivity contribution in [3.63, 3.8) is 0 Å². The van der Waals surface area contributed by atoms with Gasteiger partial charge in [0.05, 0.1) is 5.02 Å². The molecule has 21 heavy (non-hydrogen) atoms. The normalized spacial score (nSPS) is 10.2. The summed E-state index contributed by atoms with van der Waals surface area (Å²) in [5, 5.41) is 4.28. The van der Waals surface area contributed by atoms with Crippen molar-refractivity contribution in [3.8, 4) is 5.75 Å². The van der Waals surface area contributed by atoms with E-state index in [-0.39, 0.29) is 12.5 Å². The lowest BCUT2D eigenvalue weighted by Gasteiger charge is -2.09. The van der Waals surface area contributed by atoms with E-state index in [0.717, 1.165) is 5.56 Å². The van der Waals surface area contributed by atoms with E-state index < -0.39 is 0 Å². The molecule has 0 radical (unpaired) electrons. The standard InChI is InChI=1S/C15H12Cl3NO2/c16-11-3-1-10(2-4-11)8-19-15(20)9-21-14-6-5-12(17)7-13(14)18/h1-7H,8-9H2,(H,19,20). The predicted molar refractivity (Wildman–Crippen MR) is 85.3 cm³/mol. The summed E-state index contributed by atoms with van der Waals surface area (Å²) < 4.78 is 5.34. The smallest absolute Gasteiger partial charge is 0.258 e. The molecule has 1 amide bonds. The molecular formula is C15H12Cl3NO2. The molecule has 0 aliphatic rings. The fraction of sp³-hybridized carbons (Fsp3) is 0.133. The van der Waals surface area contributed by atoms with E-state index >= 15 is 0 Å². The topological polar surface area (TPSA) is 38.3 Å². The third-order valence-electron chi connectivity index (χ3n) is 2.66. The Bertz CT molecular complexity index is 629. The van der Waals surface area contributed by atoms with Crippen molar-refractivity contribution in [2.24, 2.45) is 0 Å². The van der Waals surface area contributed by atoms with Crippen LogP contribution in [0, 0.1) is 0 Å². The molecule has 2 aromatic rings. The molecule has 0 bridgehead atoms. The maximum Gasteiger partial charge on any atom is 0.258 e. The Morgan fingerprint density at radius 1 is 1.00 bits per heavy atom. The molecule has 6 heteroatoms. The van der Waals surface area contributed by atoms with E-state index in [0.29, 0.717) is 27.4 Å². The van der Waals surface area contributed by atoms with E-state index in [9.17, 15) is 4.79 Å². The van der Waals surface area contributed by atoms with Crippen LogP contribution in [0.2, 0.25) is 15.1 Å². The molecule has 1 N–H and O–H groups in total. The first-order valence-electron chi connectivity index (χ1n) is 6.13. The predicted octanol–water partition coefficient (Wildman–Crippen LogP) is 4.34. The van der Waals surface area contributed by atoms with Crippen LogP contribution in [-0.4, -0.2) is 12.5 Å². The Morgan fingerprint density at radius 3 is 2.33 bits per heavy atom. The minimum atomic E-state index is -0.240. The van der Waals surface area contributed by atoms with Gasteiger partial charge in [0.25, 0.3) is 5.91 Å². The zero-order valence-corrected chi connectivity index (χ0v) is 13.2. The van der Waals surface area contributed by atoms with E-state index in [4.69, 9.17) is 39.5 Å². The molecule has 0 heterocycles. The van der Waals surface area contributed by atoms with Gasteiger partial charge in [-0.05, 0) is 35.9 Å². The summed E-state index contributed by atoms with van der Waals surface area (Å²) in [6.45, 7) is 0.294. The second kappa shape index (κ2) is 7.55. The molecule has 2 aromatic carbocycles. The number of hydrogen-bond acceptors (Lipinski definition) is 2. The fourth-order valence-electron chi connectivity index (χ4n) is 1.59. The van der Waals surface area contributed by atoms with Crippen LogP contribution < -0.4 is 10.1 Å². The first-order chi connectivity index (χ1) is 10.0. The first kappa shape index (κ1) is 16.0. The summed E-state index contributed by atoms with van der Waals surface area (Å²) >= 11 is 17.5. The largest absolute Gasteiger partial charge is 0.482 e. The highest BCUT2D eigenvalue weighted by Crippen LogP contribution is 2.27. The van der Waals surface area contributed by atoms with Crippen molar-refractivity contribution in [1.29, 1.82) is 0 Å². The Balaban J connectivity index is 1.80. The number of halogens is 3. The maximum atomic E-state index is 11.7. The van der Waals surface area contributed by atoms with Crippen molar-refractivity contribution in [3.05, 3.63) is 63.1 Å². The van der Waals surface area contributed by atoms with Gasteiger partial charge in [0.2, 0.25) is 0 Å². The SMILES string of the molecule is O=C(COc1ccc(Cl)cc1Cl)NCc1ccc(Cl)cc1. The Hall–Kier alpha value is -1.42. The first-order valence-corrected chi connectivity index (χ1v) is 7.27. The van der Waals surface area contributed by atoms with Crippen LogP contribution in [0.4, 0.5) is 0 Å². The summed E-state index contributed by atoms with van der Waals surface area (Å²) in [4.78, 5) is 11.7. The second-order valence-electron chi connectivity index (χ2n) is 4.27. The number of rotatable bonds is 5. The van der Waals surface area contributed by atoms with Crippen LogP contribution in [0.3, 0.4) is 0 Å². The minimum absolute atomic E-state index is 0.116. The number of nitrogens with one attached hydrogen (secondary N) is 1. The van der Waals surface area contributed by atoms with Crippen LogP contribution in [-0.2, 0) is 11.3 Å². The molecule has 0 aromatic heterocycles. The molecule has 0 fully saturated rings. The Morgan fingerprint density at radius 2 is 1.67 bits per heavy atom. The highest BCUT2D eigenvalue weighted by Gasteiger charge is 2.06. The molecule has 0 unspecified atom stereocenters. The second-order valence-corrected chi connectivity index (χ2v) is 5.55. The summed E-state index contributed by atoms with van der Waals surface area (Å²) in [5.74, 6) is 0.179. The van der Waals surface area contributed by atoms with Gasteiger partial charge in [-0.1, -0.05) is 46.9 Å². The van der Waals surface area contributed by atoms with Gasteiger partial charge < -0.3 is 10.1 Å². The molecule has 0 saturated carbocycles.